The molecule has 2 aliphatic rings. The van der Waals surface area contributed by atoms with Crippen molar-refractivity contribution in [3.05, 3.63) is 246 Å². The van der Waals surface area contributed by atoms with Crippen molar-refractivity contribution in [2.24, 2.45) is 0 Å². The summed E-state index contributed by atoms with van der Waals surface area (Å²) in [6.07, 6.45) is 0. The molecule has 0 saturated heterocycles. The molecule has 2 aliphatic heterocycles. The van der Waals surface area contributed by atoms with Gasteiger partial charge in [0.15, 0.2) is 0 Å². The summed E-state index contributed by atoms with van der Waals surface area (Å²) in [6, 6.07) is 80.3. The molecule has 17 rings (SSSR count). The number of rotatable bonds is 4. The average Bonchev–Trinajstić information content (AvgIpc) is 3.65. The zero-order valence-electron chi connectivity index (χ0n) is 45.0. The van der Waals surface area contributed by atoms with Gasteiger partial charge in [0.2, 0.25) is 0 Å². The van der Waals surface area contributed by atoms with E-state index < -0.39 is 0 Å². The third kappa shape index (κ3) is 5.86. The van der Waals surface area contributed by atoms with Crippen LogP contribution in [-0.4, -0.2) is 34.1 Å². The predicted molar refractivity (Wildman–Crippen MR) is 333 cm³/mol. The molecule has 374 valence electrons. The van der Waals surface area contributed by atoms with Crippen molar-refractivity contribution in [2.45, 2.75) is 41.5 Å². The van der Waals surface area contributed by atoms with Crippen LogP contribution in [0.1, 0.15) is 33.4 Å². The molecule has 0 N–H and O–H groups in total. The molecule has 0 radical (unpaired) electrons. The number of hydrogen-bond acceptors (Lipinski definition) is 0. The van der Waals surface area contributed by atoms with Crippen LogP contribution < -0.4 is 16.4 Å². The Bertz CT molecular complexity index is 4890. The number of benzene rings is 11. The molecule has 4 aromatic heterocycles. The Balaban J connectivity index is 1.19. The van der Waals surface area contributed by atoms with Crippen LogP contribution >= 0.6 is 0 Å². The van der Waals surface area contributed by atoms with E-state index in [1.165, 1.54) is 127 Å². The van der Waals surface area contributed by atoms with Gasteiger partial charge >= 0.3 is 0 Å². The van der Waals surface area contributed by atoms with Gasteiger partial charge in [0, 0.05) is 44.3 Å². The van der Waals surface area contributed by atoms with Crippen LogP contribution in [0, 0.1) is 41.5 Å². The normalized spacial score (nSPS) is 12.7. The highest BCUT2D eigenvalue weighted by atomic mass is 15.1. The van der Waals surface area contributed by atoms with Crippen LogP contribution in [0.2, 0.25) is 0 Å². The number of nitrogens with zero attached hydrogens (tertiary/aromatic N) is 6. The topological polar surface area (TPSA) is 29.6 Å². The Morgan fingerprint density at radius 2 is 0.620 bits per heavy atom. The molecular weight excluding hydrogens is 960 g/mol. The maximum atomic E-state index is 2.66. The number of fused-ring (bicyclic) bond motifs is 16. The van der Waals surface area contributed by atoms with Gasteiger partial charge in [-0.15, -0.1) is 0 Å². The summed E-state index contributed by atoms with van der Waals surface area (Å²) in [5, 5.41) is 4.91. The highest BCUT2D eigenvalue weighted by Gasteiger charge is 2.41. The molecule has 11 aromatic carbocycles. The van der Waals surface area contributed by atoms with Crippen molar-refractivity contribution >= 4 is 111 Å². The Hall–Kier alpha value is -9.72. The van der Waals surface area contributed by atoms with Crippen LogP contribution in [0.5, 0.6) is 0 Å². The third-order valence-electron chi connectivity index (χ3n) is 17.7. The molecule has 0 spiro atoms. The molecule has 0 aliphatic carbocycles. The van der Waals surface area contributed by atoms with Crippen molar-refractivity contribution < 1.29 is 0 Å². The van der Waals surface area contributed by atoms with Crippen molar-refractivity contribution in [1.82, 2.24) is 27.4 Å². The van der Waals surface area contributed by atoms with E-state index in [4.69, 9.17) is 0 Å². The van der Waals surface area contributed by atoms with Gasteiger partial charge < -0.3 is 27.4 Å². The standard InChI is InChI=1S/C72H53BN6/c1-42-33-44(3)69(45(4)34-42)78-64-39-60-52(50-25-13-17-29-56(50)74(60)48-21-9-7-10-22-48)37-62(64)76-58-31-19-15-27-54(58)73-55-28-16-20-32-59(55)77-63-38-53-51-26-14-18-30-57(51)75(49-23-11-8-12-24-49)61(53)40-65(63)79(70-46(5)35-43(2)36-47(70)6)67-41-66(78)71(76)68(73)72(67)77/h7-41H,1-6H3. The van der Waals surface area contributed by atoms with E-state index in [0.717, 1.165) is 44.5 Å². The maximum absolute atomic E-state index is 2.66. The lowest BCUT2D eigenvalue weighted by Crippen LogP contribution is -2.60. The van der Waals surface area contributed by atoms with Gasteiger partial charge in [-0.3, -0.25) is 0 Å². The van der Waals surface area contributed by atoms with Gasteiger partial charge in [-0.1, -0.05) is 145 Å². The van der Waals surface area contributed by atoms with Crippen LogP contribution in [-0.2, 0) is 0 Å². The Morgan fingerprint density at radius 1 is 0.266 bits per heavy atom. The smallest absolute Gasteiger partial charge is 0.252 e. The monoisotopic (exact) mass is 1010 g/mol. The highest BCUT2D eigenvalue weighted by Crippen LogP contribution is 2.45. The lowest BCUT2D eigenvalue weighted by Gasteiger charge is -2.38. The number of hydrogen-bond donors (Lipinski definition) is 0. The number of aromatic nitrogens is 6. The second-order valence-corrected chi connectivity index (χ2v) is 22.5. The summed E-state index contributed by atoms with van der Waals surface area (Å²) in [4.78, 5) is 0. The van der Waals surface area contributed by atoms with Crippen LogP contribution in [0.3, 0.4) is 0 Å². The summed E-state index contributed by atoms with van der Waals surface area (Å²) >= 11 is 0. The van der Waals surface area contributed by atoms with Gasteiger partial charge in [0.1, 0.15) is 0 Å². The summed E-state index contributed by atoms with van der Waals surface area (Å²) in [6.45, 7) is 13.6. The molecule has 0 amide bonds. The zero-order chi connectivity index (χ0) is 52.7. The fraction of sp³-hybridized carbons (Fsp3) is 0.0833. The minimum atomic E-state index is -0.0664. The van der Waals surface area contributed by atoms with Gasteiger partial charge in [-0.2, -0.15) is 0 Å². The SMILES string of the molecule is Cc1cc(C)c(-n2c3cc4c(cc3n3c5c6c7c(cc52)n(-c2c(C)cc(C)cc2C)c2cc5c(cc2n7-c2ccccc2B6c2ccccc2-3)c2ccccc2n5-c2ccccc2)c2ccccc2n4-c2ccccc2)c(C)c1. The second kappa shape index (κ2) is 15.9. The number of para-hydroxylation sites is 6. The molecule has 6 nitrogen and oxygen atoms in total. The van der Waals surface area contributed by atoms with Crippen LogP contribution in [0.25, 0.3) is 122 Å². The Labute approximate surface area is 457 Å². The highest BCUT2D eigenvalue weighted by molar-refractivity contribution is 7.00. The average molecular weight is 1010 g/mol. The van der Waals surface area contributed by atoms with Crippen LogP contribution in [0.15, 0.2) is 212 Å². The molecule has 6 heterocycles. The van der Waals surface area contributed by atoms with E-state index in [2.05, 4.69) is 281 Å². The van der Waals surface area contributed by atoms with E-state index in [0.29, 0.717) is 0 Å². The molecule has 0 bridgehead atoms. The first-order valence-electron chi connectivity index (χ1n) is 27.7. The molecule has 0 fully saturated rings. The van der Waals surface area contributed by atoms with E-state index >= 15 is 0 Å². The molecular formula is C72H53BN6. The first kappa shape index (κ1) is 44.4. The molecule has 0 atom stereocenters. The summed E-state index contributed by atoms with van der Waals surface area (Å²) < 4.78 is 15.6. The first-order chi connectivity index (χ1) is 38.7. The third-order valence-corrected chi connectivity index (χ3v) is 17.7. The lowest BCUT2D eigenvalue weighted by atomic mass is 9.34. The summed E-state index contributed by atoms with van der Waals surface area (Å²) in [5.74, 6) is 0. The van der Waals surface area contributed by atoms with Crippen molar-refractivity contribution in [1.29, 1.82) is 0 Å². The zero-order valence-corrected chi connectivity index (χ0v) is 45.0. The quantitative estimate of drug-likeness (QED) is 0.124. The van der Waals surface area contributed by atoms with E-state index in [1.807, 2.05) is 0 Å². The lowest BCUT2D eigenvalue weighted by molar-refractivity contribution is 1.04. The molecule has 79 heavy (non-hydrogen) atoms. The maximum Gasteiger partial charge on any atom is 0.252 e. The largest absolute Gasteiger partial charge is 0.309 e. The van der Waals surface area contributed by atoms with Gasteiger partial charge in [0.05, 0.1) is 77.6 Å². The van der Waals surface area contributed by atoms with Crippen molar-refractivity contribution in [3.8, 4) is 34.1 Å². The minimum absolute atomic E-state index is 0.0664. The second-order valence-electron chi connectivity index (χ2n) is 22.5. The fourth-order valence-electron chi connectivity index (χ4n) is 15.0. The number of aryl methyl sites for hydroxylation is 6. The Kier molecular flexibility index (Phi) is 8.96. The van der Waals surface area contributed by atoms with E-state index in [1.54, 1.807) is 0 Å². The van der Waals surface area contributed by atoms with Crippen molar-refractivity contribution in [3.63, 3.8) is 0 Å². The van der Waals surface area contributed by atoms with Gasteiger partial charge in [-0.25, -0.2) is 0 Å². The molecule has 0 unspecified atom stereocenters. The molecule has 15 aromatic rings. The molecule has 7 heteroatoms. The van der Waals surface area contributed by atoms with Crippen molar-refractivity contribution in [2.75, 3.05) is 0 Å². The first-order valence-corrected chi connectivity index (χ1v) is 27.7. The predicted octanol–water partition coefficient (Wildman–Crippen LogP) is 15.8. The van der Waals surface area contributed by atoms with E-state index in [-0.39, 0.29) is 6.71 Å². The summed E-state index contributed by atoms with van der Waals surface area (Å²) in [7, 11) is 0. The van der Waals surface area contributed by atoms with Gasteiger partial charge in [0.25, 0.3) is 6.71 Å². The van der Waals surface area contributed by atoms with Gasteiger partial charge in [-0.05, 0) is 159 Å². The minimum Gasteiger partial charge on any atom is -0.309 e. The fourth-order valence-corrected chi connectivity index (χ4v) is 15.0. The van der Waals surface area contributed by atoms with E-state index in [9.17, 15) is 0 Å². The Morgan fingerprint density at radius 3 is 1.05 bits per heavy atom. The molecule has 0 saturated carbocycles. The summed E-state index contributed by atoms with van der Waals surface area (Å²) in [5.41, 5.74) is 32.6. The van der Waals surface area contributed by atoms with Crippen LogP contribution in [0.4, 0.5) is 0 Å².